The van der Waals surface area contributed by atoms with Crippen molar-refractivity contribution in [2.24, 2.45) is 5.41 Å². The van der Waals surface area contributed by atoms with Gasteiger partial charge in [-0.1, -0.05) is 38.1 Å². The van der Waals surface area contributed by atoms with Gasteiger partial charge in [0.15, 0.2) is 0 Å². The quantitative estimate of drug-likeness (QED) is 0.869. The monoisotopic (exact) mass is 261 g/mol. The molecule has 0 amide bonds. The highest BCUT2D eigenvalue weighted by molar-refractivity contribution is 5.28. The standard InChI is InChI=1S/C17H27NO/c1-6-19-16-11-15(17(16,4)5)18-13(3)14-10-8-7-9-12(14)2/h7-10,13,15-16,18H,6,11H2,1-5H3/t13-,15?,16?/m0/s1. The van der Waals surface area contributed by atoms with Gasteiger partial charge in [0.2, 0.25) is 0 Å². The Morgan fingerprint density at radius 1 is 1.37 bits per heavy atom. The van der Waals surface area contributed by atoms with Crippen molar-refractivity contribution in [2.75, 3.05) is 6.61 Å². The van der Waals surface area contributed by atoms with Crippen LogP contribution in [0.3, 0.4) is 0 Å². The van der Waals surface area contributed by atoms with E-state index >= 15 is 0 Å². The Balaban J connectivity index is 1.98. The van der Waals surface area contributed by atoms with E-state index in [1.807, 2.05) is 0 Å². The lowest BCUT2D eigenvalue weighted by Gasteiger charge is -2.52. The van der Waals surface area contributed by atoms with Crippen LogP contribution in [-0.4, -0.2) is 18.8 Å². The van der Waals surface area contributed by atoms with Gasteiger partial charge in [0.25, 0.3) is 0 Å². The Labute approximate surface area is 117 Å². The van der Waals surface area contributed by atoms with Gasteiger partial charge < -0.3 is 10.1 Å². The van der Waals surface area contributed by atoms with Crippen LogP contribution >= 0.6 is 0 Å². The maximum Gasteiger partial charge on any atom is 0.0655 e. The number of nitrogens with one attached hydrogen (secondary N) is 1. The summed E-state index contributed by atoms with van der Waals surface area (Å²) in [6.07, 6.45) is 1.52. The summed E-state index contributed by atoms with van der Waals surface area (Å²) in [7, 11) is 0. The molecule has 106 valence electrons. The summed E-state index contributed by atoms with van der Waals surface area (Å²) in [5.74, 6) is 0. The summed E-state index contributed by atoms with van der Waals surface area (Å²) >= 11 is 0. The highest BCUT2D eigenvalue weighted by Gasteiger charge is 2.49. The number of hydrogen-bond acceptors (Lipinski definition) is 2. The molecule has 1 saturated carbocycles. The van der Waals surface area contributed by atoms with Gasteiger partial charge in [-0.2, -0.15) is 0 Å². The third-order valence-electron chi connectivity index (χ3n) is 4.65. The molecule has 2 nitrogen and oxygen atoms in total. The van der Waals surface area contributed by atoms with E-state index in [1.54, 1.807) is 0 Å². The molecule has 1 aliphatic carbocycles. The van der Waals surface area contributed by atoms with Crippen LogP contribution in [0.25, 0.3) is 0 Å². The topological polar surface area (TPSA) is 21.3 Å². The van der Waals surface area contributed by atoms with Crippen molar-refractivity contribution in [3.05, 3.63) is 35.4 Å². The van der Waals surface area contributed by atoms with Crippen LogP contribution in [-0.2, 0) is 4.74 Å². The van der Waals surface area contributed by atoms with Gasteiger partial charge in [0, 0.05) is 24.1 Å². The van der Waals surface area contributed by atoms with Crippen LogP contribution in [0.5, 0.6) is 0 Å². The number of hydrogen-bond donors (Lipinski definition) is 1. The molecule has 0 aromatic heterocycles. The number of ether oxygens (including phenoxy) is 1. The zero-order valence-corrected chi connectivity index (χ0v) is 12.9. The molecule has 2 rings (SSSR count). The first-order valence-corrected chi connectivity index (χ1v) is 7.40. The fourth-order valence-corrected chi connectivity index (χ4v) is 3.12. The lowest BCUT2D eigenvalue weighted by atomic mass is 9.64. The van der Waals surface area contributed by atoms with Gasteiger partial charge in [-0.3, -0.25) is 0 Å². The maximum absolute atomic E-state index is 5.79. The molecule has 19 heavy (non-hydrogen) atoms. The molecule has 1 aromatic rings. The first-order chi connectivity index (χ1) is 8.96. The first kappa shape index (κ1) is 14.5. The Kier molecular flexibility index (Phi) is 4.32. The SMILES string of the molecule is CCOC1CC(N[C@@H](C)c2ccccc2C)C1(C)C. The van der Waals surface area contributed by atoms with Gasteiger partial charge in [-0.25, -0.2) is 0 Å². The molecule has 0 heterocycles. The Bertz CT molecular complexity index is 427. The second kappa shape index (κ2) is 5.64. The molecule has 0 radical (unpaired) electrons. The smallest absolute Gasteiger partial charge is 0.0655 e. The molecule has 1 aromatic carbocycles. The van der Waals surface area contributed by atoms with E-state index in [0.29, 0.717) is 18.2 Å². The predicted molar refractivity (Wildman–Crippen MR) is 80.3 cm³/mol. The number of benzene rings is 1. The van der Waals surface area contributed by atoms with E-state index in [4.69, 9.17) is 4.74 Å². The summed E-state index contributed by atoms with van der Waals surface area (Å²) in [6, 6.07) is 9.56. The van der Waals surface area contributed by atoms with Gasteiger partial charge in [0.05, 0.1) is 6.10 Å². The summed E-state index contributed by atoms with van der Waals surface area (Å²) in [6.45, 7) is 11.9. The molecule has 2 unspecified atom stereocenters. The van der Waals surface area contributed by atoms with E-state index in [-0.39, 0.29) is 5.41 Å². The molecule has 1 aliphatic rings. The van der Waals surface area contributed by atoms with Crippen LogP contribution in [0, 0.1) is 12.3 Å². The van der Waals surface area contributed by atoms with E-state index in [0.717, 1.165) is 13.0 Å². The van der Waals surface area contributed by atoms with E-state index < -0.39 is 0 Å². The minimum absolute atomic E-state index is 0.229. The summed E-state index contributed by atoms with van der Waals surface area (Å²) < 4.78 is 5.79. The molecule has 3 atom stereocenters. The van der Waals surface area contributed by atoms with Crippen molar-refractivity contribution >= 4 is 0 Å². The fourth-order valence-electron chi connectivity index (χ4n) is 3.12. The van der Waals surface area contributed by atoms with E-state index in [9.17, 15) is 0 Å². The van der Waals surface area contributed by atoms with Gasteiger partial charge in [0.1, 0.15) is 0 Å². The molecule has 0 spiro atoms. The molecule has 0 bridgehead atoms. The average molecular weight is 261 g/mol. The minimum Gasteiger partial charge on any atom is -0.378 e. The van der Waals surface area contributed by atoms with Gasteiger partial charge >= 0.3 is 0 Å². The number of aryl methyl sites for hydroxylation is 1. The van der Waals surface area contributed by atoms with Crippen LogP contribution in [0.2, 0.25) is 0 Å². The van der Waals surface area contributed by atoms with Crippen LogP contribution in [0.15, 0.2) is 24.3 Å². The van der Waals surface area contributed by atoms with E-state index in [1.165, 1.54) is 11.1 Å². The van der Waals surface area contributed by atoms with Crippen molar-refractivity contribution in [2.45, 2.75) is 59.2 Å². The second-order valence-corrected chi connectivity index (χ2v) is 6.30. The summed E-state index contributed by atoms with van der Waals surface area (Å²) in [5, 5.41) is 3.77. The normalized spacial score (nSPS) is 26.8. The molecule has 1 fully saturated rings. The number of rotatable bonds is 5. The molecule has 0 saturated heterocycles. The van der Waals surface area contributed by atoms with Gasteiger partial charge in [-0.05, 0) is 38.3 Å². The largest absolute Gasteiger partial charge is 0.378 e. The third-order valence-corrected chi connectivity index (χ3v) is 4.65. The van der Waals surface area contributed by atoms with Crippen molar-refractivity contribution in [3.8, 4) is 0 Å². The zero-order chi connectivity index (χ0) is 14.0. The minimum atomic E-state index is 0.229. The Morgan fingerprint density at radius 2 is 2.05 bits per heavy atom. The second-order valence-electron chi connectivity index (χ2n) is 6.30. The Hall–Kier alpha value is -0.860. The lowest BCUT2D eigenvalue weighted by molar-refractivity contribution is -0.116. The summed E-state index contributed by atoms with van der Waals surface area (Å²) in [4.78, 5) is 0. The molecule has 0 aliphatic heterocycles. The van der Waals surface area contributed by atoms with Crippen molar-refractivity contribution in [1.29, 1.82) is 0 Å². The highest BCUT2D eigenvalue weighted by atomic mass is 16.5. The van der Waals surface area contributed by atoms with Crippen molar-refractivity contribution in [3.63, 3.8) is 0 Å². The molecular weight excluding hydrogens is 234 g/mol. The molecular formula is C17H27NO. The van der Waals surface area contributed by atoms with Crippen LogP contribution < -0.4 is 5.32 Å². The van der Waals surface area contributed by atoms with Gasteiger partial charge in [-0.15, -0.1) is 0 Å². The first-order valence-electron chi connectivity index (χ1n) is 7.40. The Morgan fingerprint density at radius 3 is 2.63 bits per heavy atom. The fraction of sp³-hybridized carbons (Fsp3) is 0.647. The molecule has 2 heteroatoms. The zero-order valence-electron chi connectivity index (χ0n) is 12.9. The van der Waals surface area contributed by atoms with Crippen LogP contribution in [0.4, 0.5) is 0 Å². The molecule has 1 N–H and O–H groups in total. The maximum atomic E-state index is 5.79. The average Bonchev–Trinajstić information content (AvgIpc) is 2.38. The highest BCUT2D eigenvalue weighted by Crippen LogP contribution is 2.43. The lowest BCUT2D eigenvalue weighted by Crippen LogP contribution is -2.61. The van der Waals surface area contributed by atoms with Crippen LogP contribution in [0.1, 0.15) is 51.3 Å². The predicted octanol–water partition coefficient (Wildman–Crippen LogP) is 3.85. The third kappa shape index (κ3) is 2.85. The van der Waals surface area contributed by atoms with Crippen molar-refractivity contribution in [1.82, 2.24) is 5.32 Å². The van der Waals surface area contributed by atoms with Crippen molar-refractivity contribution < 1.29 is 4.74 Å². The summed E-state index contributed by atoms with van der Waals surface area (Å²) in [5.41, 5.74) is 2.99. The van der Waals surface area contributed by atoms with E-state index in [2.05, 4.69) is 64.2 Å².